The maximum absolute atomic E-state index is 13.2. The quantitative estimate of drug-likeness (QED) is 0.0722. The van der Waals surface area contributed by atoms with Crippen LogP contribution in [-0.2, 0) is 4.79 Å². The van der Waals surface area contributed by atoms with Crippen LogP contribution in [0.2, 0.25) is 0 Å². The number of carbonyl (C=O) groups is 3. The molecule has 4 rings (SSSR count). The number of nitrogens with zero attached hydrogens (tertiary/aromatic N) is 2. The monoisotopic (exact) mass is 590 g/mol. The average Bonchev–Trinajstić information content (AvgIpc) is 3.07. The highest BCUT2D eigenvalue weighted by atomic mass is 16.6. The molecule has 224 valence electrons. The predicted octanol–water partition coefficient (Wildman–Crippen LogP) is 5.68. The van der Waals surface area contributed by atoms with Gasteiger partial charge in [0.15, 0.2) is 11.5 Å². The first-order chi connectivity index (χ1) is 21.4. The van der Waals surface area contributed by atoms with Crippen LogP contribution >= 0.6 is 0 Å². The number of hydrogen-bond donors (Lipinski definition) is 2. The lowest BCUT2D eigenvalue weighted by atomic mass is 10.1. The Morgan fingerprint density at radius 3 is 2.00 bits per heavy atom. The van der Waals surface area contributed by atoms with Crippen LogP contribution in [0.1, 0.15) is 45.7 Å². The van der Waals surface area contributed by atoms with Crippen molar-refractivity contribution >= 4 is 35.8 Å². The number of amides is 2. The van der Waals surface area contributed by atoms with Gasteiger partial charge in [-0.25, -0.2) is 10.2 Å². The van der Waals surface area contributed by atoms with Gasteiger partial charge in [0.25, 0.3) is 11.8 Å². The molecule has 0 saturated heterocycles. The molecule has 0 radical (unpaired) electrons. The highest BCUT2D eigenvalue weighted by Crippen LogP contribution is 2.28. The number of methoxy groups -OCH3 is 1. The molecule has 0 bridgehead atoms. The summed E-state index contributed by atoms with van der Waals surface area (Å²) in [5.41, 5.74) is 5.68. The van der Waals surface area contributed by atoms with Crippen LogP contribution in [-0.4, -0.2) is 44.2 Å². The molecular weight excluding hydrogens is 556 g/mol. The summed E-state index contributed by atoms with van der Waals surface area (Å²) in [6.45, 7) is 5.92. The Labute approximate surface area is 256 Å². The first-order valence-corrected chi connectivity index (χ1v) is 14.1. The van der Waals surface area contributed by atoms with E-state index in [2.05, 4.69) is 34.6 Å². The van der Waals surface area contributed by atoms with E-state index in [0.717, 1.165) is 24.3 Å². The van der Waals surface area contributed by atoms with Crippen molar-refractivity contribution in [3.8, 4) is 11.5 Å². The van der Waals surface area contributed by atoms with E-state index in [9.17, 15) is 14.4 Å². The van der Waals surface area contributed by atoms with E-state index in [0.29, 0.717) is 22.4 Å². The lowest BCUT2D eigenvalue weighted by molar-refractivity contribution is -0.117. The van der Waals surface area contributed by atoms with Gasteiger partial charge in [0.05, 0.1) is 18.9 Å². The summed E-state index contributed by atoms with van der Waals surface area (Å²) in [6.07, 6.45) is 3.01. The molecule has 0 aliphatic heterocycles. The zero-order chi connectivity index (χ0) is 31.3. The molecule has 2 amide bonds. The van der Waals surface area contributed by atoms with Crippen molar-refractivity contribution in [2.24, 2.45) is 5.10 Å². The van der Waals surface area contributed by atoms with Crippen LogP contribution in [0.5, 0.6) is 11.5 Å². The van der Waals surface area contributed by atoms with Crippen molar-refractivity contribution in [2.75, 3.05) is 25.1 Å². The molecule has 4 aromatic carbocycles. The Bertz CT molecular complexity index is 1630. The molecule has 44 heavy (non-hydrogen) atoms. The van der Waals surface area contributed by atoms with Crippen LogP contribution < -0.4 is 25.1 Å². The molecule has 0 unspecified atom stereocenters. The molecule has 4 aromatic rings. The van der Waals surface area contributed by atoms with Gasteiger partial charge in [-0.1, -0.05) is 48.5 Å². The molecular formula is C35H34N4O5. The molecule has 0 aliphatic rings. The van der Waals surface area contributed by atoms with Crippen molar-refractivity contribution in [2.45, 2.75) is 13.8 Å². The van der Waals surface area contributed by atoms with Gasteiger partial charge in [-0.05, 0) is 85.6 Å². The smallest absolute Gasteiger partial charge is 0.343 e. The fraction of sp³-hybridized carbons (Fsp3) is 0.143. The zero-order valence-electron chi connectivity index (χ0n) is 24.8. The lowest BCUT2D eigenvalue weighted by Crippen LogP contribution is -2.32. The van der Waals surface area contributed by atoms with E-state index in [-0.39, 0.29) is 11.4 Å². The summed E-state index contributed by atoms with van der Waals surface area (Å²) in [7, 11) is 1.46. The van der Waals surface area contributed by atoms with Gasteiger partial charge in [0.1, 0.15) is 5.70 Å². The van der Waals surface area contributed by atoms with Gasteiger partial charge in [0, 0.05) is 24.3 Å². The molecule has 0 aromatic heterocycles. The van der Waals surface area contributed by atoms with Crippen molar-refractivity contribution in [1.82, 2.24) is 10.7 Å². The second kappa shape index (κ2) is 15.5. The second-order valence-electron chi connectivity index (χ2n) is 9.51. The number of benzene rings is 4. The van der Waals surface area contributed by atoms with Gasteiger partial charge in [-0.15, -0.1) is 0 Å². The number of ether oxygens (including phenoxy) is 2. The first kappa shape index (κ1) is 31.2. The summed E-state index contributed by atoms with van der Waals surface area (Å²) in [6, 6.07) is 29.8. The minimum absolute atomic E-state index is 0.0207. The maximum Gasteiger partial charge on any atom is 0.343 e. The normalized spacial score (nSPS) is 11.1. The van der Waals surface area contributed by atoms with Gasteiger partial charge in [0.2, 0.25) is 0 Å². The lowest BCUT2D eigenvalue weighted by Gasteiger charge is -2.20. The number of nitrogens with one attached hydrogen (secondary N) is 2. The second-order valence-corrected chi connectivity index (χ2v) is 9.51. The van der Waals surface area contributed by atoms with Gasteiger partial charge in [-0.3, -0.25) is 9.59 Å². The standard InChI is InChI=1S/C35H34N4O5/c1-4-39(5-2)29-19-16-25(17-20-29)22-30(37-33(40)27-12-8-6-9-13-27)34(41)38-36-24-26-18-21-31(32(23-26)43-3)44-35(42)28-14-10-7-11-15-28/h6-24H,4-5H2,1-3H3,(H,37,40)(H,38,41)/b30-22+,36-24+. The third-order valence-corrected chi connectivity index (χ3v) is 6.64. The first-order valence-electron chi connectivity index (χ1n) is 14.1. The molecule has 9 heteroatoms. The van der Waals surface area contributed by atoms with Crippen molar-refractivity contribution in [3.05, 3.63) is 131 Å². The summed E-state index contributed by atoms with van der Waals surface area (Å²) in [5, 5.41) is 6.78. The average molecular weight is 591 g/mol. The van der Waals surface area contributed by atoms with E-state index in [1.807, 2.05) is 30.3 Å². The molecule has 9 nitrogen and oxygen atoms in total. The summed E-state index contributed by atoms with van der Waals surface area (Å²) in [4.78, 5) is 40.8. The molecule has 0 spiro atoms. The van der Waals surface area contributed by atoms with Crippen molar-refractivity contribution in [1.29, 1.82) is 0 Å². The minimum Gasteiger partial charge on any atom is -0.493 e. The number of anilines is 1. The van der Waals surface area contributed by atoms with Crippen LogP contribution in [0.3, 0.4) is 0 Å². The molecule has 0 heterocycles. The number of hydrogen-bond acceptors (Lipinski definition) is 7. The van der Waals surface area contributed by atoms with E-state index in [1.165, 1.54) is 13.3 Å². The summed E-state index contributed by atoms with van der Waals surface area (Å²) < 4.78 is 10.9. The fourth-order valence-electron chi connectivity index (χ4n) is 4.29. The Balaban J connectivity index is 1.50. The van der Waals surface area contributed by atoms with Crippen LogP contribution in [0.25, 0.3) is 6.08 Å². The van der Waals surface area contributed by atoms with E-state index >= 15 is 0 Å². The van der Waals surface area contributed by atoms with Crippen LogP contribution in [0.4, 0.5) is 5.69 Å². The summed E-state index contributed by atoms with van der Waals surface area (Å²) in [5.74, 6) is -1.01. The fourth-order valence-corrected chi connectivity index (χ4v) is 4.29. The minimum atomic E-state index is -0.612. The number of rotatable bonds is 12. The zero-order valence-corrected chi connectivity index (χ0v) is 24.8. The van der Waals surface area contributed by atoms with E-state index < -0.39 is 17.8 Å². The summed E-state index contributed by atoms with van der Waals surface area (Å²) >= 11 is 0. The number of hydrazone groups is 1. The molecule has 0 atom stereocenters. The predicted molar refractivity (Wildman–Crippen MR) is 172 cm³/mol. The van der Waals surface area contributed by atoms with Gasteiger partial charge < -0.3 is 19.7 Å². The maximum atomic E-state index is 13.2. The highest BCUT2D eigenvalue weighted by Gasteiger charge is 2.15. The Kier molecular flexibility index (Phi) is 11.0. The topological polar surface area (TPSA) is 109 Å². The number of carbonyl (C=O) groups excluding carboxylic acids is 3. The Morgan fingerprint density at radius 2 is 1.39 bits per heavy atom. The highest BCUT2D eigenvalue weighted by molar-refractivity contribution is 6.05. The van der Waals surface area contributed by atoms with E-state index in [1.54, 1.807) is 78.9 Å². The van der Waals surface area contributed by atoms with Crippen LogP contribution in [0.15, 0.2) is 114 Å². The van der Waals surface area contributed by atoms with Crippen molar-refractivity contribution in [3.63, 3.8) is 0 Å². The molecule has 0 saturated carbocycles. The molecule has 2 N–H and O–H groups in total. The van der Waals surface area contributed by atoms with Crippen LogP contribution in [0, 0.1) is 0 Å². The molecule has 0 fully saturated rings. The third kappa shape index (κ3) is 8.42. The number of esters is 1. The molecule has 0 aliphatic carbocycles. The Morgan fingerprint density at radius 1 is 0.773 bits per heavy atom. The SMILES string of the molecule is CCN(CC)c1ccc(/C=C(/NC(=O)c2ccccc2)C(=O)N/N=C/c2ccc(OC(=O)c3ccccc3)c(OC)c2)cc1. The van der Waals surface area contributed by atoms with Gasteiger partial charge >= 0.3 is 5.97 Å². The van der Waals surface area contributed by atoms with E-state index in [4.69, 9.17) is 9.47 Å². The Hall–Kier alpha value is -5.70. The van der Waals surface area contributed by atoms with Crippen molar-refractivity contribution < 1.29 is 23.9 Å². The van der Waals surface area contributed by atoms with Gasteiger partial charge in [-0.2, -0.15) is 5.10 Å². The third-order valence-electron chi connectivity index (χ3n) is 6.64. The largest absolute Gasteiger partial charge is 0.493 e.